The maximum atomic E-state index is 13.1. The number of hydrogen-bond acceptors (Lipinski definition) is 4. The lowest BCUT2D eigenvalue weighted by Gasteiger charge is -2.22. The molecule has 0 radical (unpaired) electrons. The Balaban J connectivity index is 2.89. The van der Waals surface area contributed by atoms with Crippen LogP contribution in [0.4, 0.5) is 36.4 Å². The van der Waals surface area contributed by atoms with Gasteiger partial charge in [-0.1, -0.05) is 0 Å². The molecule has 21 heavy (non-hydrogen) atoms. The summed E-state index contributed by atoms with van der Waals surface area (Å²) in [5, 5.41) is 10.3. The highest BCUT2D eigenvalue weighted by Crippen LogP contribution is 2.33. The van der Waals surface area contributed by atoms with E-state index in [-0.39, 0.29) is 6.07 Å². The number of nitro groups is 1. The smallest absolute Gasteiger partial charge is 0.428 e. The molecule has 118 valence electrons. The molecule has 0 aliphatic carbocycles. The molecule has 1 aromatic carbocycles. The molecule has 1 unspecified atom stereocenters. The highest BCUT2D eigenvalue weighted by atomic mass is 19.4. The van der Waals surface area contributed by atoms with Crippen LogP contribution in [0.15, 0.2) is 18.2 Å². The predicted molar refractivity (Wildman–Crippen MR) is 50.7 cm³/mol. The minimum absolute atomic E-state index is 0.0896. The minimum atomic E-state index is -5.69. The summed E-state index contributed by atoms with van der Waals surface area (Å²) in [5.41, 5.74) is -1.09. The number of nitro benzene ring substituents is 1. The zero-order chi connectivity index (χ0) is 16.4. The van der Waals surface area contributed by atoms with Gasteiger partial charge < -0.3 is 4.74 Å². The number of rotatable bonds is 5. The van der Waals surface area contributed by atoms with Crippen molar-refractivity contribution >= 4 is 5.69 Å². The van der Waals surface area contributed by atoms with Gasteiger partial charge in [-0.15, -0.1) is 13.2 Å². The summed E-state index contributed by atoms with van der Waals surface area (Å²) in [4.78, 5) is 9.08. The fourth-order valence-electron chi connectivity index (χ4n) is 1.09. The topological polar surface area (TPSA) is 61.6 Å². The number of ether oxygens (including phenoxy) is 2. The first-order valence-corrected chi connectivity index (χ1v) is 4.82. The average Bonchev–Trinajstić information content (AvgIpc) is 2.25. The first-order chi connectivity index (χ1) is 9.42. The molecule has 12 heteroatoms. The van der Waals surface area contributed by atoms with Gasteiger partial charge in [0.1, 0.15) is 5.75 Å². The van der Waals surface area contributed by atoms with Gasteiger partial charge in [-0.3, -0.25) is 10.1 Å². The fraction of sp³-hybridized carbons (Fsp3) is 0.333. The second-order valence-electron chi connectivity index (χ2n) is 3.41. The molecule has 0 fully saturated rings. The van der Waals surface area contributed by atoms with E-state index in [1.165, 1.54) is 0 Å². The summed E-state index contributed by atoms with van der Waals surface area (Å²) in [6.07, 6.45) is -15.0. The lowest BCUT2D eigenvalue weighted by atomic mass is 10.3. The van der Waals surface area contributed by atoms with Gasteiger partial charge in [-0.25, -0.2) is 9.13 Å². The van der Waals surface area contributed by atoms with E-state index in [0.29, 0.717) is 12.1 Å². The third-order valence-corrected chi connectivity index (χ3v) is 1.87. The number of nitrogens with zero attached hydrogens (tertiary/aromatic N) is 1. The summed E-state index contributed by atoms with van der Waals surface area (Å²) >= 11 is 0. The van der Waals surface area contributed by atoms with Gasteiger partial charge in [0.25, 0.3) is 0 Å². The molecule has 0 saturated carbocycles. The Kier molecular flexibility index (Phi) is 4.61. The predicted octanol–water partition coefficient (Wildman–Crippen LogP) is 3.54. The summed E-state index contributed by atoms with van der Waals surface area (Å²) in [6.45, 7) is 0. The Bertz CT molecular complexity index is 533. The van der Waals surface area contributed by atoms with Crippen molar-refractivity contribution in [2.45, 2.75) is 18.8 Å². The van der Waals surface area contributed by atoms with Crippen molar-refractivity contribution in [1.82, 2.24) is 0 Å². The van der Waals surface area contributed by atoms with Crippen LogP contribution in [0.2, 0.25) is 0 Å². The molecule has 0 heterocycles. The Morgan fingerprint density at radius 2 is 1.76 bits per heavy atom. The van der Waals surface area contributed by atoms with Gasteiger partial charge in [0.2, 0.25) is 5.82 Å². The van der Waals surface area contributed by atoms with Crippen LogP contribution < -0.4 is 4.74 Å². The zero-order valence-corrected chi connectivity index (χ0v) is 9.54. The first-order valence-electron chi connectivity index (χ1n) is 4.82. The van der Waals surface area contributed by atoms with Crippen LogP contribution in [0.3, 0.4) is 0 Å². The normalized spacial score (nSPS) is 13.9. The highest BCUT2D eigenvalue weighted by molar-refractivity contribution is 5.38. The summed E-state index contributed by atoms with van der Waals surface area (Å²) in [6, 6.07) is 0.959. The van der Waals surface area contributed by atoms with E-state index < -0.39 is 41.0 Å². The van der Waals surface area contributed by atoms with Crippen molar-refractivity contribution in [2.24, 2.45) is 0 Å². The maximum Gasteiger partial charge on any atom is 0.525 e. The summed E-state index contributed by atoms with van der Waals surface area (Å²) < 4.78 is 92.4. The number of benzene rings is 1. The van der Waals surface area contributed by atoms with E-state index in [2.05, 4.69) is 9.47 Å². The van der Waals surface area contributed by atoms with Crippen LogP contribution in [-0.2, 0) is 4.74 Å². The molecule has 0 bridgehead atoms. The van der Waals surface area contributed by atoms with Crippen molar-refractivity contribution in [3.8, 4) is 5.75 Å². The van der Waals surface area contributed by atoms with E-state index in [9.17, 15) is 40.8 Å². The second-order valence-corrected chi connectivity index (χ2v) is 3.41. The van der Waals surface area contributed by atoms with Crippen LogP contribution in [0.1, 0.15) is 0 Å². The molecule has 0 aromatic heterocycles. The van der Waals surface area contributed by atoms with E-state index in [4.69, 9.17) is 0 Å². The monoisotopic (exact) mass is 323 g/mol. The van der Waals surface area contributed by atoms with E-state index in [1.807, 2.05) is 0 Å². The molecular formula is C9H4F7NO4. The highest BCUT2D eigenvalue weighted by Gasteiger charge is 2.50. The van der Waals surface area contributed by atoms with Crippen LogP contribution in [0.25, 0.3) is 0 Å². The molecule has 0 amide bonds. The molecule has 0 spiro atoms. The van der Waals surface area contributed by atoms with Crippen LogP contribution in [-0.4, -0.2) is 23.8 Å². The van der Waals surface area contributed by atoms with Crippen molar-refractivity contribution in [1.29, 1.82) is 0 Å². The van der Waals surface area contributed by atoms with Gasteiger partial charge in [-0.05, 0) is 6.07 Å². The first kappa shape index (κ1) is 16.9. The van der Waals surface area contributed by atoms with Gasteiger partial charge in [0.15, 0.2) is 0 Å². The number of halogens is 7. The fourth-order valence-corrected chi connectivity index (χ4v) is 1.09. The van der Waals surface area contributed by atoms with Crippen LogP contribution in [0, 0.1) is 15.9 Å². The number of alkyl halides is 6. The third kappa shape index (κ3) is 4.73. The quantitative estimate of drug-likeness (QED) is 0.472. The number of hydrogen-bond donors (Lipinski definition) is 0. The molecule has 0 aliphatic heterocycles. The van der Waals surface area contributed by atoms with Crippen molar-refractivity contribution in [3.05, 3.63) is 34.1 Å². The Morgan fingerprint density at radius 1 is 1.19 bits per heavy atom. The molecule has 1 rings (SSSR count). The second kappa shape index (κ2) is 5.71. The average molecular weight is 323 g/mol. The largest absolute Gasteiger partial charge is 0.525 e. The molecule has 5 nitrogen and oxygen atoms in total. The lowest BCUT2D eigenvalue weighted by molar-refractivity contribution is -0.411. The SMILES string of the molecule is O=[N+]([O-])c1ccc(OC(F)(F)C(F)OC(F)(F)F)cc1F. The molecule has 1 aromatic rings. The molecule has 1 atom stereocenters. The Hall–Kier alpha value is -2.11. The molecular weight excluding hydrogens is 319 g/mol. The van der Waals surface area contributed by atoms with Gasteiger partial charge >= 0.3 is 24.5 Å². The zero-order valence-electron chi connectivity index (χ0n) is 9.54. The molecule has 0 N–H and O–H groups in total. The van der Waals surface area contributed by atoms with Crippen molar-refractivity contribution in [2.75, 3.05) is 0 Å². The standard InChI is InChI=1S/C9H4F7NO4/c10-5-3-4(1-2-6(5)17(18)19)20-8(12,13)7(11)21-9(14,15)16/h1-3,7H. The van der Waals surface area contributed by atoms with Gasteiger partial charge in [-0.2, -0.15) is 13.2 Å². The van der Waals surface area contributed by atoms with Gasteiger partial charge in [0, 0.05) is 12.1 Å². The Labute approximate surface area is 111 Å². The Morgan fingerprint density at radius 3 is 2.19 bits per heavy atom. The third-order valence-electron chi connectivity index (χ3n) is 1.87. The van der Waals surface area contributed by atoms with E-state index >= 15 is 0 Å². The van der Waals surface area contributed by atoms with E-state index in [1.54, 1.807) is 0 Å². The molecule has 0 aliphatic rings. The lowest BCUT2D eigenvalue weighted by Crippen LogP contribution is -2.41. The van der Waals surface area contributed by atoms with Crippen molar-refractivity contribution in [3.63, 3.8) is 0 Å². The van der Waals surface area contributed by atoms with Gasteiger partial charge in [0.05, 0.1) is 4.92 Å². The minimum Gasteiger partial charge on any atom is -0.428 e. The van der Waals surface area contributed by atoms with E-state index in [0.717, 1.165) is 0 Å². The summed E-state index contributed by atoms with van der Waals surface area (Å²) in [7, 11) is 0. The summed E-state index contributed by atoms with van der Waals surface area (Å²) in [5.74, 6) is -2.73. The van der Waals surface area contributed by atoms with Crippen molar-refractivity contribution < 1.29 is 45.1 Å². The van der Waals surface area contributed by atoms with Crippen LogP contribution in [0.5, 0.6) is 5.75 Å². The maximum absolute atomic E-state index is 13.1. The van der Waals surface area contributed by atoms with Crippen LogP contribution >= 0.6 is 0 Å². The molecule has 0 saturated heterocycles.